The Bertz CT molecular complexity index is 312. The molecule has 0 heterocycles. The predicted octanol–water partition coefficient (Wildman–Crippen LogP) is 1.31. The van der Waals surface area contributed by atoms with Crippen molar-refractivity contribution >= 4 is 5.91 Å². The van der Waals surface area contributed by atoms with Crippen molar-refractivity contribution in [2.75, 3.05) is 19.7 Å². The zero-order valence-electron chi connectivity index (χ0n) is 9.71. The second kappa shape index (κ2) is 5.87. The average molecular weight is 252 g/mol. The van der Waals surface area contributed by atoms with E-state index in [9.17, 15) is 18.0 Å². The van der Waals surface area contributed by atoms with Crippen LogP contribution in [-0.2, 0) is 4.79 Å². The molecule has 0 aromatic rings. The molecule has 98 valence electrons. The molecule has 0 aromatic heterocycles. The fourth-order valence-electron chi connectivity index (χ4n) is 1.22. The van der Waals surface area contributed by atoms with Crippen LogP contribution in [0.4, 0.5) is 13.2 Å². The summed E-state index contributed by atoms with van der Waals surface area (Å²) in [6.07, 6.45) is -4.43. The van der Waals surface area contributed by atoms with Crippen molar-refractivity contribution < 1.29 is 23.1 Å². The predicted molar refractivity (Wildman–Crippen MR) is 53.7 cm³/mol. The van der Waals surface area contributed by atoms with Crippen LogP contribution in [-0.4, -0.2) is 41.8 Å². The maximum atomic E-state index is 12.2. The fraction of sp³-hybridized carbons (Fsp3) is 0.800. The molecule has 0 spiro atoms. The molecule has 0 bridgehead atoms. The lowest BCUT2D eigenvalue weighted by molar-refractivity contribution is -0.166. The molecule has 0 aliphatic carbocycles. The number of halogens is 3. The van der Waals surface area contributed by atoms with Crippen LogP contribution in [0.25, 0.3) is 0 Å². The summed E-state index contributed by atoms with van der Waals surface area (Å²) >= 11 is 0. The van der Waals surface area contributed by atoms with Crippen molar-refractivity contribution in [1.82, 2.24) is 4.90 Å². The summed E-state index contributed by atoms with van der Waals surface area (Å²) in [5, 5.41) is 17.5. The number of carbonyl (C=O) groups is 1. The van der Waals surface area contributed by atoms with Crippen LogP contribution in [0.5, 0.6) is 0 Å². The summed E-state index contributed by atoms with van der Waals surface area (Å²) in [7, 11) is 0. The zero-order chi connectivity index (χ0) is 13.7. The maximum Gasteiger partial charge on any atom is 0.406 e. The van der Waals surface area contributed by atoms with Crippen molar-refractivity contribution in [1.29, 1.82) is 5.26 Å². The minimum atomic E-state index is -4.55. The fourth-order valence-corrected chi connectivity index (χ4v) is 1.22. The van der Waals surface area contributed by atoms with Gasteiger partial charge in [0.15, 0.2) is 0 Å². The molecule has 1 atom stereocenters. The molecule has 0 aromatic carbocycles. The maximum absolute atomic E-state index is 12.2. The Kier molecular flexibility index (Phi) is 5.42. The van der Waals surface area contributed by atoms with Crippen LogP contribution in [0, 0.1) is 16.7 Å². The largest absolute Gasteiger partial charge is 0.406 e. The van der Waals surface area contributed by atoms with Gasteiger partial charge in [-0.25, -0.2) is 0 Å². The van der Waals surface area contributed by atoms with E-state index in [2.05, 4.69) is 0 Å². The second-order valence-corrected chi connectivity index (χ2v) is 3.86. The minimum absolute atomic E-state index is 0.113. The topological polar surface area (TPSA) is 64.3 Å². The van der Waals surface area contributed by atoms with Crippen molar-refractivity contribution in [3.05, 3.63) is 0 Å². The summed E-state index contributed by atoms with van der Waals surface area (Å²) in [5.41, 5.74) is -1.49. The third-order valence-corrected chi connectivity index (χ3v) is 2.45. The van der Waals surface area contributed by atoms with Gasteiger partial charge in [-0.1, -0.05) is 6.92 Å². The molecular weight excluding hydrogens is 237 g/mol. The van der Waals surface area contributed by atoms with E-state index in [4.69, 9.17) is 10.4 Å². The molecule has 0 fully saturated rings. The van der Waals surface area contributed by atoms with Gasteiger partial charge in [0, 0.05) is 6.54 Å². The lowest BCUT2D eigenvalue weighted by atomic mass is 9.87. The number of aliphatic hydroxyl groups is 1. The first-order valence-electron chi connectivity index (χ1n) is 5.08. The van der Waals surface area contributed by atoms with Gasteiger partial charge in [0.1, 0.15) is 12.0 Å². The van der Waals surface area contributed by atoms with Gasteiger partial charge >= 0.3 is 6.18 Å². The van der Waals surface area contributed by atoms with Crippen LogP contribution in [0.1, 0.15) is 20.3 Å². The molecule has 1 unspecified atom stereocenters. The Morgan fingerprint density at radius 1 is 1.47 bits per heavy atom. The van der Waals surface area contributed by atoms with E-state index in [0.717, 1.165) is 0 Å². The van der Waals surface area contributed by atoms with Crippen molar-refractivity contribution in [2.45, 2.75) is 26.4 Å². The molecule has 7 heteroatoms. The number of hydrogen-bond acceptors (Lipinski definition) is 3. The van der Waals surface area contributed by atoms with Gasteiger partial charge in [0.25, 0.3) is 0 Å². The van der Waals surface area contributed by atoms with Crippen molar-refractivity contribution in [3.8, 4) is 6.07 Å². The smallest absolute Gasteiger partial charge is 0.395 e. The summed E-state index contributed by atoms with van der Waals surface area (Å²) in [6.45, 7) is 0.369. The molecule has 0 saturated heterocycles. The van der Waals surface area contributed by atoms with E-state index in [-0.39, 0.29) is 6.42 Å². The van der Waals surface area contributed by atoms with Gasteiger partial charge in [-0.3, -0.25) is 4.79 Å². The molecule has 0 saturated carbocycles. The number of nitriles is 1. The van der Waals surface area contributed by atoms with Gasteiger partial charge in [-0.2, -0.15) is 18.4 Å². The molecular formula is C10H15F3N2O2. The molecule has 1 N–H and O–H groups in total. The molecule has 4 nitrogen and oxygen atoms in total. The van der Waals surface area contributed by atoms with Crippen LogP contribution in [0.15, 0.2) is 0 Å². The van der Waals surface area contributed by atoms with E-state index in [1.165, 1.54) is 6.92 Å². The number of amides is 1. The van der Waals surface area contributed by atoms with Gasteiger partial charge < -0.3 is 10.0 Å². The Hall–Kier alpha value is -1.29. The highest BCUT2D eigenvalue weighted by Gasteiger charge is 2.40. The third kappa shape index (κ3) is 4.61. The lowest BCUT2D eigenvalue weighted by Gasteiger charge is -2.29. The SMILES string of the molecule is CCC(C)(C#N)C(=O)N(CCO)CC(F)(F)F. The van der Waals surface area contributed by atoms with Gasteiger partial charge in [0.05, 0.1) is 12.7 Å². The van der Waals surface area contributed by atoms with E-state index < -0.39 is 37.2 Å². The zero-order valence-corrected chi connectivity index (χ0v) is 9.71. The van der Waals surface area contributed by atoms with Crippen LogP contribution < -0.4 is 0 Å². The highest BCUT2D eigenvalue weighted by Crippen LogP contribution is 2.25. The monoisotopic (exact) mass is 252 g/mol. The number of hydrogen-bond donors (Lipinski definition) is 1. The highest BCUT2D eigenvalue weighted by molar-refractivity contribution is 5.85. The van der Waals surface area contributed by atoms with E-state index in [1.807, 2.05) is 0 Å². The van der Waals surface area contributed by atoms with Crippen LogP contribution in [0.3, 0.4) is 0 Å². The van der Waals surface area contributed by atoms with E-state index in [0.29, 0.717) is 4.90 Å². The van der Waals surface area contributed by atoms with Gasteiger partial charge in [-0.05, 0) is 13.3 Å². The molecule has 0 aliphatic rings. The second-order valence-electron chi connectivity index (χ2n) is 3.86. The summed E-state index contributed by atoms with van der Waals surface area (Å²) in [4.78, 5) is 12.3. The minimum Gasteiger partial charge on any atom is -0.395 e. The molecule has 0 rings (SSSR count). The quantitative estimate of drug-likeness (QED) is 0.802. The standard InChI is InChI=1S/C10H15F3N2O2/c1-3-9(2,6-14)8(17)15(4-5-16)7-10(11,12)13/h16H,3-5,7H2,1-2H3. The summed E-state index contributed by atoms with van der Waals surface area (Å²) in [6, 6.07) is 1.71. The van der Waals surface area contributed by atoms with Crippen LogP contribution in [0.2, 0.25) is 0 Å². The first kappa shape index (κ1) is 15.7. The third-order valence-electron chi connectivity index (χ3n) is 2.45. The normalized spacial score (nSPS) is 14.9. The molecule has 1 amide bonds. The Balaban J connectivity index is 4.96. The first-order chi connectivity index (χ1) is 7.70. The number of rotatable bonds is 5. The number of carbonyl (C=O) groups excluding carboxylic acids is 1. The van der Waals surface area contributed by atoms with Gasteiger partial charge in [-0.15, -0.1) is 0 Å². The summed E-state index contributed by atoms with van der Waals surface area (Å²) in [5.74, 6) is -0.908. The van der Waals surface area contributed by atoms with Crippen molar-refractivity contribution in [2.24, 2.45) is 5.41 Å². The lowest BCUT2D eigenvalue weighted by Crippen LogP contribution is -2.47. The van der Waals surface area contributed by atoms with E-state index >= 15 is 0 Å². The average Bonchev–Trinajstić information content (AvgIpc) is 2.24. The number of alkyl halides is 3. The Morgan fingerprint density at radius 2 is 2.00 bits per heavy atom. The molecule has 17 heavy (non-hydrogen) atoms. The molecule has 0 aliphatic heterocycles. The van der Waals surface area contributed by atoms with Crippen molar-refractivity contribution in [3.63, 3.8) is 0 Å². The highest BCUT2D eigenvalue weighted by atomic mass is 19.4. The Labute approximate surface area is 97.6 Å². The Morgan fingerprint density at radius 3 is 2.29 bits per heavy atom. The summed E-state index contributed by atoms with van der Waals surface area (Å²) < 4.78 is 36.7. The number of aliphatic hydroxyl groups excluding tert-OH is 1. The van der Waals surface area contributed by atoms with E-state index in [1.54, 1.807) is 13.0 Å². The van der Waals surface area contributed by atoms with Crippen LogP contribution >= 0.6 is 0 Å². The van der Waals surface area contributed by atoms with Gasteiger partial charge in [0.2, 0.25) is 5.91 Å². The molecule has 0 radical (unpaired) electrons. The number of nitrogens with zero attached hydrogens (tertiary/aromatic N) is 2. The first-order valence-corrected chi connectivity index (χ1v) is 5.08.